The van der Waals surface area contributed by atoms with Crippen LogP contribution >= 0.6 is 0 Å². The van der Waals surface area contributed by atoms with E-state index in [0.717, 1.165) is 24.8 Å². The Morgan fingerprint density at radius 2 is 1.96 bits per heavy atom. The zero-order valence-corrected chi connectivity index (χ0v) is 15.7. The van der Waals surface area contributed by atoms with Crippen molar-refractivity contribution in [1.29, 1.82) is 0 Å². The third-order valence-electron chi connectivity index (χ3n) is 4.79. The van der Waals surface area contributed by atoms with Gasteiger partial charge in [0.1, 0.15) is 6.54 Å². The van der Waals surface area contributed by atoms with E-state index in [1.165, 1.54) is 6.42 Å². The molecule has 26 heavy (non-hydrogen) atoms. The molecule has 1 aliphatic rings. The standard InChI is InChI=1S/C20H28N2O4/c1-13-7-6-9-16(11-13)20(25)21-12-18(23)26-15(3)19(24)22-17-10-5-4-8-14(17)2/h6-7,9,11,14-15,17H,4-5,8,10,12H2,1-3H3,(H,21,25)(H,22,24)/t14-,15+,17-/m0/s1. The monoisotopic (exact) mass is 360 g/mol. The van der Waals surface area contributed by atoms with E-state index >= 15 is 0 Å². The Hall–Kier alpha value is -2.37. The van der Waals surface area contributed by atoms with Gasteiger partial charge >= 0.3 is 5.97 Å². The smallest absolute Gasteiger partial charge is 0.326 e. The third kappa shape index (κ3) is 5.86. The number of carbonyl (C=O) groups is 3. The molecule has 1 aromatic rings. The first-order chi connectivity index (χ1) is 12.4. The molecule has 2 rings (SSSR count). The number of ether oxygens (including phenoxy) is 1. The van der Waals surface area contributed by atoms with Crippen molar-refractivity contribution in [2.45, 2.75) is 58.6 Å². The predicted octanol–water partition coefficient (Wildman–Crippen LogP) is 2.35. The molecule has 0 saturated heterocycles. The zero-order valence-electron chi connectivity index (χ0n) is 15.7. The number of aryl methyl sites for hydroxylation is 1. The molecule has 1 fully saturated rings. The predicted molar refractivity (Wildman–Crippen MR) is 98.6 cm³/mol. The van der Waals surface area contributed by atoms with Crippen LogP contribution in [-0.2, 0) is 14.3 Å². The summed E-state index contributed by atoms with van der Waals surface area (Å²) >= 11 is 0. The largest absolute Gasteiger partial charge is 0.451 e. The van der Waals surface area contributed by atoms with Crippen molar-refractivity contribution in [1.82, 2.24) is 10.6 Å². The van der Waals surface area contributed by atoms with Crippen LogP contribution in [0.15, 0.2) is 24.3 Å². The highest BCUT2D eigenvalue weighted by atomic mass is 16.5. The highest BCUT2D eigenvalue weighted by molar-refractivity contribution is 5.96. The SMILES string of the molecule is Cc1cccc(C(=O)NCC(=O)O[C@H](C)C(=O)N[C@H]2CCCC[C@@H]2C)c1. The fraction of sp³-hybridized carbons (Fsp3) is 0.550. The van der Waals surface area contributed by atoms with Crippen molar-refractivity contribution >= 4 is 17.8 Å². The molecule has 1 aromatic carbocycles. The average Bonchev–Trinajstić information content (AvgIpc) is 2.61. The van der Waals surface area contributed by atoms with E-state index in [0.29, 0.717) is 11.5 Å². The molecule has 0 heterocycles. The van der Waals surface area contributed by atoms with Crippen LogP contribution < -0.4 is 10.6 Å². The van der Waals surface area contributed by atoms with Gasteiger partial charge in [0.2, 0.25) is 0 Å². The number of rotatable bonds is 6. The number of hydrogen-bond donors (Lipinski definition) is 2. The minimum absolute atomic E-state index is 0.137. The Kier molecular flexibility index (Phi) is 7.18. The van der Waals surface area contributed by atoms with E-state index in [-0.39, 0.29) is 24.4 Å². The molecule has 0 spiro atoms. The van der Waals surface area contributed by atoms with Gasteiger partial charge in [-0.25, -0.2) is 0 Å². The number of esters is 1. The summed E-state index contributed by atoms with van der Waals surface area (Å²) in [7, 11) is 0. The summed E-state index contributed by atoms with van der Waals surface area (Å²) in [6.07, 6.45) is 3.48. The maximum atomic E-state index is 12.2. The third-order valence-corrected chi connectivity index (χ3v) is 4.79. The molecule has 3 atom stereocenters. The van der Waals surface area contributed by atoms with E-state index in [1.807, 2.05) is 13.0 Å². The average molecular weight is 360 g/mol. The minimum Gasteiger partial charge on any atom is -0.451 e. The molecule has 0 aliphatic heterocycles. The summed E-state index contributed by atoms with van der Waals surface area (Å²) in [5.74, 6) is -0.838. The number of nitrogens with one attached hydrogen (secondary N) is 2. The summed E-state index contributed by atoms with van der Waals surface area (Å²) in [5, 5.41) is 5.48. The molecule has 0 aromatic heterocycles. The van der Waals surface area contributed by atoms with Crippen LogP contribution in [0.5, 0.6) is 0 Å². The molecule has 1 aliphatic carbocycles. The second-order valence-electron chi connectivity index (χ2n) is 7.06. The highest BCUT2D eigenvalue weighted by Crippen LogP contribution is 2.23. The maximum Gasteiger partial charge on any atom is 0.326 e. The molecular weight excluding hydrogens is 332 g/mol. The van der Waals surface area contributed by atoms with Crippen LogP contribution in [0.1, 0.15) is 55.5 Å². The highest BCUT2D eigenvalue weighted by Gasteiger charge is 2.26. The first-order valence-electron chi connectivity index (χ1n) is 9.21. The van der Waals surface area contributed by atoms with E-state index < -0.39 is 12.1 Å². The van der Waals surface area contributed by atoms with E-state index in [2.05, 4.69) is 17.6 Å². The second-order valence-corrected chi connectivity index (χ2v) is 7.06. The zero-order chi connectivity index (χ0) is 19.1. The van der Waals surface area contributed by atoms with E-state index in [4.69, 9.17) is 4.74 Å². The van der Waals surface area contributed by atoms with Gasteiger partial charge in [-0.3, -0.25) is 14.4 Å². The Bertz CT molecular complexity index is 659. The Balaban J connectivity index is 1.75. The van der Waals surface area contributed by atoms with Crippen molar-refractivity contribution in [3.8, 4) is 0 Å². The van der Waals surface area contributed by atoms with Gasteiger partial charge in [-0.1, -0.05) is 37.5 Å². The topological polar surface area (TPSA) is 84.5 Å². The molecule has 6 heteroatoms. The second kappa shape index (κ2) is 9.36. The first-order valence-corrected chi connectivity index (χ1v) is 9.21. The van der Waals surface area contributed by atoms with Gasteiger partial charge in [-0.2, -0.15) is 0 Å². The molecule has 0 bridgehead atoms. The van der Waals surface area contributed by atoms with Crippen LogP contribution in [-0.4, -0.2) is 36.5 Å². The van der Waals surface area contributed by atoms with Crippen LogP contribution in [0.2, 0.25) is 0 Å². The van der Waals surface area contributed by atoms with E-state index in [9.17, 15) is 14.4 Å². The van der Waals surface area contributed by atoms with Crippen molar-refractivity contribution in [3.63, 3.8) is 0 Å². The summed E-state index contributed by atoms with van der Waals surface area (Å²) in [6, 6.07) is 7.22. The van der Waals surface area contributed by atoms with Crippen LogP contribution in [0, 0.1) is 12.8 Å². The fourth-order valence-corrected chi connectivity index (χ4v) is 3.16. The van der Waals surface area contributed by atoms with Crippen LogP contribution in [0.4, 0.5) is 0 Å². The molecule has 1 saturated carbocycles. The quantitative estimate of drug-likeness (QED) is 0.763. The summed E-state index contributed by atoms with van der Waals surface area (Å²) < 4.78 is 5.13. The molecular formula is C20H28N2O4. The maximum absolute atomic E-state index is 12.2. The minimum atomic E-state index is -0.882. The Labute approximate surface area is 154 Å². The fourth-order valence-electron chi connectivity index (χ4n) is 3.16. The summed E-state index contributed by atoms with van der Waals surface area (Å²) in [5.41, 5.74) is 1.44. The molecule has 6 nitrogen and oxygen atoms in total. The van der Waals surface area contributed by atoms with Crippen LogP contribution in [0.25, 0.3) is 0 Å². The van der Waals surface area contributed by atoms with Gasteiger partial charge in [0, 0.05) is 11.6 Å². The van der Waals surface area contributed by atoms with Crippen molar-refractivity contribution in [3.05, 3.63) is 35.4 Å². The Morgan fingerprint density at radius 1 is 1.23 bits per heavy atom. The number of amides is 2. The van der Waals surface area contributed by atoms with Gasteiger partial charge in [0.25, 0.3) is 11.8 Å². The van der Waals surface area contributed by atoms with Gasteiger partial charge in [-0.05, 0) is 44.7 Å². The first kappa shape index (κ1) is 19.9. The summed E-state index contributed by atoms with van der Waals surface area (Å²) in [6.45, 7) is 5.29. The lowest BCUT2D eigenvalue weighted by molar-refractivity contribution is -0.154. The summed E-state index contributed by atoms with van der Waals surface area (Å²) in [4.78, 5) is 36.1. The van der Waals surface area contributed by atoms with Gasteiger partial charge < -0.3 is 15.4 Å². The lowest BCUT2D eigenvalue weighted by Crippen LogP contribution is -2.46. The molecule has 2 amide bonds. The molecule has 142 valence electrons. The molecule has 2 N–H and O–H groups in total. The van der Waals surface area contributed by atoms with Gasteiger partial charge in [0.05, 0.1) is 0 Å². The Morgan fingerprint density at radius 3 is 2.65 bits per heavy atom. The lowest BCUT2D eigenvalue weighted by Gasteiger charge is -2.30. The van der Waals surface area contributed by atoms with E-state index in [1.54, 1.807) is 25.1 Å². The van der Waals surface area contributed by atoms with Gasteiger partial charge in [0.15, 0.2) is 6.10 Å². The number of benzene rings is 1. The number of carbonyl (C=O) groups excluding carboxylic acids is 3. The molecule has 0 unspecified atom stereocenters. The van der Waals surface area contributed by atoms with Crippen molar-refractivity contribution in [2.24, 2.45) is 5.92 Å². The van der Waals surface area contributed by atoms with Crippen LogP contribution in [0.3, 0.4) is 0 Å². The van der Waals surface area contributed by atoms with Gasteiger partial charge in [-0.15, -0.1) is 0 Å². The lowest BCUT2D eigenvalue weighted by atomic mass is 9.86. The number of hydrogen-bond acceptors (Lipinski definition) is 4. The van der Waals surface area contributed by atoms with Crippen molar-refractivity contribution < 1.29 is 19.1 Å². The molecule has 0 radical (unpaired) electrons. The van der Waals surface area contributed by atoms with Crippen molar-refractivity contribution in [2.75, 3.05) is 6.54 Å². The normalized spacial score (nSPS) is 20.7.